The van der Waals surface area contributed by atoms with Crippen LogP contribution in [0.3, 0.4) is 0 Å². The minimum absolute atomic E-state index is 0.0561. The Kier molecular flexibility index (Phi) is 4.55. The van der Waals surface area contributed by atoms with Crippen molar-refractivity contribution in [3.05, 3.63) is 29.8 Å². The third kappa shape index (κ3) is 3.19. The van der Waals surface area contributed by atoms with Crippen molar-refractivity contribution in [3.63, 3.8) is 0 Å². The van der Waals surface area contributed by atoms with Gasteiger partial charge in [-0.1, -0.05) is 6.07 Å². The lowest BCUT2D eigenvalue weighted by Crippen LogP contribution is -2.51. The largest absolute Gasteiger partial charge is 0.497 e. The van der Waals surface area contributed by atoms with Crippen LogP contribution in [0.1, 0.15) is 36.0 Å². The van der Waals surface area contributed by atoms with Crippen molar-refractivity contribution < 1.29 is 14.3 Å². The van der Waals surface area contributed by atoms with Crippen LogP contribution in [0.15, 0.2) is 24.3 Å². The van der Waals surface area contributed by atoms with Gasteiger partial charge in [0.25, 0.3) is 5.91 Å². The number of likely N-dealkylation sites (tertiary alicyclic amines) is 2. The summed E-state index contributed by atoms with van der Waals surface area (Å²) >= 11 is 0. The number of piperidine rings is 1. The smallest absolute Gasteiger partial charge is 0.253 e. The number of carbonyl (C=O) groups excluding carboxylic acids is 2. The van der Waals surface area contributed by atoms with E-state index in [1.807, 2.05) is 35.0 Å². The second-order valence-electron chi connectivity index (χ2n) is 6.50. The number of ether oxygens (including phenoxy) is 1. The summed E-state index contributed by atoms with van der Waals surface area (Å²) in [5, 5.41) is 0. The molecule has 2 atom stereocenters. The fourth-order valence-electron chi connectivity index (χ4n) is 3.81. The maximum atomic E-state index is 12.8. The Morgan fingerprint density at radius 3 is 2.91 bits per heavy atom. The summed E-state index contributed by atoms with van der Waals surface area (Å²) in [4.78, 5) is 28.6. The first kappa shape index (κ1) is 15.8. The molecule has 5 heteroatoms. The zero-order valence-electron chi connectivity index (χ0n) is 13.8. The van der Waals surface area contributed by atoms with Crippen LogP contribution in [-0.4, -0.2) is 54.9 Å². The van der Waals surface area contributed by atoms with Gasteiger partial charge in [-0.2, -0.15) is 0 Å². The van der Waals surface area contributed by atoms with Crippen molar-refractivity contribution in [1.29, 1.82) is 0 Å². The Morgan fingerprint density at radius 2 is 2.13 bits per heavy atom. The van der Waals surface area contributed by atoms with Gasteiger partial charge in [-0.05, 0) is 43.4 Å². The second-order valence-corrected chi connectivity index (χ2v) is 6.50. The van der Waals surface area contributed by atoms with E-state index in [9.17, 15) is 9.59 Å². The van der Waals surface area contributed by atoms with Crippen molar-refractivity contribution in [1.82, 2.24) is 9.80 Å². The molecule has 2 aliphatic rings. The first-order chi connectivity index (χ1) is 11.1. The number of benzene rings is 1. The molecule has 3 rings (SSSR count). The fourth-order valence-corrected chi connectivity index (χ4v) is 3.81. The van der Waals surface area contributed by atoms with Crippen molar-refractivity contribution in [2.45, 2.75) is 31.7 Å². The SMILES string of the molecule is COc1cccc(C(=O)N2CC[C@@H]3[C@H](CCCC(=O)N3C)C2)c1. The molecule has 0 N–H and O–H groups in total. The molecule has 0 bridgehead atoms. The van der Waals surface area contributed by atoms with Gasteiger partial charge in [0.05, 0.1) is 7.11 Å². The molecule has 2 fully saturated rings. The summed E-state index contributed by atoms with van der Waals surface area (Å²) < 4.78 is 5.21. The van der Waals surface area contributed by atoms with E-state index < -0.39 is 0 Å². The molecular weight excluding hydrogens is 292 g/mol. The van der Waals surface area contributed by atoms with Crippen molar-refractivity contribution in [2.24, 2.45) is 5.92 Å². The number of hydrogen-bond donors (Lipinski definition) is 0. The van der Waals surface area contributed by atoms with Gasteiger partial charge in [-0.15, -0.1) is 0 Å². The summed E-state index contributed by atoms with van der Waals surface area (Å²) in [5.41, 5.74) is 0.667. The molecule has 124 valence electrons. The molecule has 2 amide bonds. The van der Waals surface area contributed by atoms with Gasteiger partial charge in [0.15, 0.2) is 0 Å². The standard InChI is InChI=1S/C18H24N2O3/c1-19-16-9-10-20(12-14(16)6-4-8-17(19)21)18(22)13-5-3-7-15(11-13)23-2/h3,5,7,11,14,16H,4,6,8-10,12H2,1-2H3/t14-,16-/m1/s1. The first-order valence-electron chi connectivity index (χ1n) is 8.29. The van der Waals surface area contributed by atoms with Crippen LogP contribution in [-0.2, 0) is 4.79 Å². The number of nitrogens with zero attached hydrogens (tertiary/aromatic N) is 2. The zero-order valence-corrected chi connectivity index (χ0v) is 13.8. The number of methoxy groups -OCH3 is 1. The number of hydrogen-bond acceptors (Lipinski definition) is 3. The Morgan fingerprint density at radius 1 is 1.30 bits per heavy atom. The Balaban J connectivity index is 1.73. The molecule has 1 aromatic carbocycles. The number of carbonyl (C=O) groups is 2. The third-order valence-corrected chi connectivity index (χ3v) is 5.15. The van der Waals surface area contributed by atoms with Crippen molar-refractivity contribution in [2.75, 3.05) is 27.2 Å². The van der Waals surface area contributed by atoms with E-state index in [0.717, 1.165) is 25.8 Å². The van der Waals surface area contributed by atoms with Gasteiger partial charge in [-0.25, -0.2) is 0 Å². The minimum atomic E-state index is 0.0561. The van der Waals surface area contributed by atoms with Crippen molar-refractivity contribution >= 4 is 11.8 Å². The highest BCUT2D eigenvalue weighted by molar-refractivity contribution is 5.94. The Labute approximate surface area is 137 Å². The predicted octanol–water partition coefficient (Wildman–Crippen LogP) is 2.17. The van der Waals surface area contributed by atoms with Gasteiger partial charge in [0.1, 0.15) is 5.75 Å². The Bertz CT molecular complexity index is 602. The third-order valence-electron chi connectivity index (χ3n) is 5.15. The lowest BCUT2D eigenvalue weighted by Gasteiger charge is -2.41. The van der Waals surface area contributed by atoms with E-state index >= 15 is 0 Å². The number of amides is 2. The van der Waals surface area contributed by atoms with E-state index in [4.69, 9.17) is 4.74 Å². The summed E-state index contributed by atoms with van der Waals surface area (Å²) in [5.74, 6) is 1.38. The van der Waals surface area contributed by atoms with Crippen LogP contribution in [0.2, 0.25) is 0 Å². The van der Waals surface area contributed by atoms with Crippen LogP contribution in [0.4, 0.5) is 0 Å². The molecule has 1 aromatic rings. The molecule has 0 unspecified atom stereocenters. The minimum Gasteiger partial charge on any atom is -0.497 e. The molecule has 0 saturated carbocycles. The molecule has 2 aliphatic heterocycles. The molecule has 0 aromatic heterocycles. The van der Waals surface area contributed by atoms with Gasteiger partial charge >= 0.3 is 0 Å². The number of rotatable bonds is 2. The van der Waals surface area contributed by atoms with Crippen LogP contribution in [0, 0.1) is 5.92 Å². The maximum absolute atomic E-state index is 12.8. The highest BCUT2D eigenvalue weighted by Crippen LogP contribution is 2.30. The van der Waals surface area contributed by atoms with Gasteiger partial charge in [0.2, 0.25) is 5.91 Å². The monoisotopic (exact) mass is 316 g/mol. The quantitative estimate of drug-likeness (QED) is 0.840. The summed E-state index contributed by atoms with van der Waals surface area (Å²) in [6, 6.07) is 7.59. The van der Waals surface area contributed by atoms with Crippen LogP contribution in [0.5, 0.6) is 5.75 Å². The van der Waals surface area contributed by atoms with E-state index in [0.29, 0.717) is 30.2 Å². The average Bonchev–Trinajstić information content (AvgIpc) is 2.73. The van der Waals surface area contributed by atoms with Gasteiger partial charge in [-0.3, -0.25) is 9.59 Å². The van der Waals surface area contributed by atoms with Crippen molar-refractivity contribution in [3.8, 4) is 5.75 Å². The van der Waals surface area contributed by atoms with Crippen LogP contribution < -0.4 is 4.74 Å². The highest BCUT2D eigenvalue weighted by atomic mass is 16.5. The lowest BCUT2D eigenvalue weighted by atomic mass is 9.88. The van der Waals surface area contributed by atoms with Crippen LogP contribution in [0.25, 0.3) is 0 Å². The highest BCUT2D eigenvalue weighted by Gasteiger charge is 2.37. The van der Waals surface area contributed by atoms with E-state index in [2.05, 4.69) is 0 Å². The van der Waals surface area contributed by atoms with Gasteiger partial charge < -0.3 is 14.5 Å². The Hall–Kier alpha value is -2.04. The molecule has 23 heavy (non-hydrogen) atoms. The summed E-state index contributed by atoms with van der Waals surface area (Å²) in [7, 11) is 3.51. The first-order valence-corrected chi connectivity index (χ1v) is 8.29. The summed E-state index contributed by atoms with van der Waals surface area (Å²) in [6.07, 6.45) is 3.43. The lowest BCUT2D eigenvalue weighted by molar-refractivity contribution is -0.132. The number of fused-ring (bicyclic) bond motifs is 1. The second kappa shape index (κ2) is 6.60. The predicted molar refractivity (Wildman–Crippen MR) is 87.4 cm³/mol. The fraction of sp³-hybridized carbons (Fsp3) is 0.556. The van der Waals surface area contributed by atoms with Crippen LogP contribution >= 0.6 is 0 Å². The molecule has 0 radical (unpaired) electrons. The van der Waals surface area contributed by atoms with E-state index in [-0.39, 0.29) is 17.9 Å². The zero-order chi connectivity index (χ0) is 16.4. The average molecular weight is 316 g/mol. The molecule has 2 saturated heterocycles. The van der Waals surface area contributed by atoms with Gasteiger partial charge in [0, 0.05) is 38.2 Å². The van der Waals surface area contributed by atoms with E-state index in [1.165, 1.54) is 0 Å². The topological polar surface area (TPSA) is 49.9 Å². The molecule has 5 nitrogen and oxygen atoms in total. The molecular formula is C18H24N2O3. The molecule has 2 heterocycles. The van der Waals surface area contributed by atoms with E-state index in [1.54, 1.807) is 13.2 Å². The molecule has 0 spiro atoms. The normalized spacial score (nSPS) is 24.9. The maximum Gasteiger partial charge on any atom is 0.253 e. The molecule has 0 aliphatic carbocycles. The summed E-state index contributed by atoms with van der Waals surface area (Å²) in [6.45, 7) is 1.44.